The first kappa shape index (κ1) is 18.9. The smallest absolute Gasteiger partial charge is 0.244 e. The molecule has 3 aromatic rings. The lowest BCUT2D eigenvalue weighted by Gasteiger charge is -2.19. The third-order valence-electron chi connectivity index (χ3n) is 4.57. The number of carbonyl (C=O) groups is 1. The van der Waals surface area contributed by atoms with Gasteiger partial charge in [-0.1, -0.05) is 54.1 Å². The zero-order valence-corrected chi connectivity index (χ0v) is 16.4. The Morgan fingerprint density at radius 2 is 1.81 bits per heavy atom. The van der Waals surface area contributed by atoms with Crippen LogP contribution in [0.3, 0.4) is 0 Å². The van der Waals surface area contributed by atoms with Crippen molar-refractivity contribution in [3.8, 4) is 0 Å². The number of halogens is 1. The Bertz CT molecular complexity index is 976. The zero-order valence-electron chi connectivity index (χ0n) is 15.6. The summed E-state index contributed by atoms with van der Waals surface area (Å²) in [7, 11) is 1.89. The van der Waals surface area contributed by atoms with Crippen molar-refractivity contribution < 1.29 is 4.79 Å². The molecule has 0 aliphatic rings. The minimum Gasteiger partial charge on any atom is -0.342 e. The number of hydrogen-bond acceptors (Lipinski definition) is 2. The predicted octanol–water partition coefficient (Wildman–Crippen LogP) is 4.61. The van der Waals surface area contributed by atoms with Crippen molar-refractivity contribution in [1.82, 2.24) is 15.1 Å². The van der Waals surface area contributed by atoms with E-state index in [9.17, 15) is 4.79 Å². The molecule has 1 aromatic heterocycles. The highest BCUT2D eigenvalue weighted by Crippen LogP contribution is 2.24. The summed E-state index contributed by atoms with van der Waals surface area (Å²) in [4.78, 5) is 12.6. The summed E-state index contributed by atoms with van der Waals surface area (Å²) in [5, 5.41) is 8.09. The van der Waals surface area contributed by atoms with E-state index in [0.717, 1.165) is 28.1 Å². The monoisotopic (exact) mass is 379 g/mol. The van der Waals surface area contributed by atoms with E-state index in [0.29, 0.717) is 5.02 Å². The number of aryl methyl sites for hydroxylation is 2. The molecule has 1 unspecified atom stereocenters. The van der Waals surface area contributed by atoms with Crippen molar-refractivity contribution in [2.45, 2.75) is 19.9 Å². The summed E-state index contributed by atoms with van der Waals surface area (Å²) >= 11 is 6.16. The van der Waals surface area contributed by atoms with Crippen molar-refractivity contribution in [3.05, 3.63) is 93.8 Å². The molecule has 1 N–H and O–H groups in total. The highest BCUT2D eigenvalue weighted by atomic mass is 35.5. The maximum atomic E-state index is 12.6. The third kappa shape index (κ3) is 4.47. The number of aromatic nitrogens is 2. The molecule has 2 aromatic carbocycles. The van der Waals surface area contributed by atoms with E-state index in [1.807, 2.05) is 86.3 Å². The number of hydrogen-bond donors (Lipinski definition) is 1. The predicted molar refractivity (Wildman–Crippen MR) is 110 cm³/mol. The number of rotatable bonds is 5. The van der Waals surface area contributed by atoms with Gasteiger partial charge in [-0.15, -0.1) is 0 Å². The molecule has 0 saturated carbocycles. The number of benzene rings is 2. The van der Waals surface area contributed by atoms with E-state index < -0.39 is 0 Å². The van der Waals surface area contributed by atoms with Gasteiger partial charge in [0.25, 0.3) is 0 Å². The molecule has 0 fully saturated rings. The van der Waals surface area contributed by atoms with Crippen LogP contribution in [0.4, 0.5) is 0 Å². The molecular formula is C22H22ClN3O. The standard InChI is InChI=1S/C22H22ClN3O/c1-15-20(16(2)26(3)25-15)12-13-21(27)24-22(17-8-5-4-6-9-17)18-10-7-11-19(23)14-18/h4-14,22H,1-3H3,(H,24,27)/b13-12+. The normalized spacial score (nSPS) is 12.3. The summed E-state index contributed by atoms with van der Waals surface area (Å²) in [5.41, 5.74) is 4.81. The zero-order chi connectivity index (χ0) is 19.4. The fourth-order valence-corrected chi connectivity index (χ4v) is 3.27. The highest BCUT2D eigenvalue weighted by Gasteiger charge is 2.16. The van der Waals surface area contributed by atoms with Gasteiger partial charge in [0, 0.05) is 29.4 Å². The van der Waals surface area contributed by atoms with Crippen LogP contribution in [0.1, 0.15) is 34.1 Å². The average Bonchev–Trinajstić information content (AvgIpc) is 2.90. The minimum absolute atomic E-state index is 0.175. The Morgan fingerprint density at radius 3 is 2.44 bits per heavy atom. The van der Waals surface area contributed by atoms with Gasteiger partial charge in [-0.25, -0.2) is 0 Å². The maximum absolute atomic E-state index is 12.6. The second-order valence-corrected chi connectivity index (χ2v) is 6.89. The molecule has 4 nitrogen and oxygen atoms in total. The second kappa shape index (κ2) is 8.23. The fraction of sp³-hybridized carbons (Fsp3) is 0.182. The average molecular weight is 380 g/mol. The van der Waals surface area contributed by atoms with Gasteiger partial charge in [0.15, 0.2) is 0 Å². The molecule has 138 valence electrons. The van der Waals surface area contributed by atoms with Gasteiger partial charge in [0.05, 0.1) is 11.7 Å². The summed E-state index contributed by atoms with van der Waals surface area (Å²) < 4.78 is 1.81. The third-order valence-corrected chi connectivity index (χ3v) is 4.80. The SMILES string of the molecule is Cc1nn(C)c(C)c1/C=C/C(=O)NC(c1ccccc1)c1cccc(Cl)c1. The minimum atomic E-state index is -0.279. The van der Waals surface area contributed by atoms with E-state index >= 15 is 0 Å². The Hall–Kier alpha value is -2.85. The van der Waals surface area contributed by atoms with Crippen LogP contribution < -0.4 is 5.32 Å². The van der Waals surface area contributed by atoms with Crippen LogP contribution in [0.15, 0.2) is 60.7 Å². The number of amides is 1. The molecule has 0 aliphatic heterocycles. The fourth-order valence-electron chi connectivity index (χ4n) is 3.07. The maximum Gasteiger partial charge on any atom is 0.244 e. The van der Waals surface area contributed by atoms with Gasteiger partial charge in [-0.3, -0.25) is 9.48 Å². The van der Waals surface area contributed by atoms with Crippen LogP contribution in [-0.2, 0) is 11.8 Å². The molecule has 0 aliphatic carbocycles. The molecule has 0 spiro atoms. The quantitative estimate of drug-likeness (QED) is 0.658. The van der Waals surface area contributed by atoms with Crippen molar-refractivity contribution in [2.24, 2.45) is 7.05 Å². The van der Waals surface area contributed by atoms with Crippen molar-refractivity contribution in [1.29, 1.82) is 0 Å². The Balaban J connectivity index is 1.86. The first-order chi connectivity index (χ1) is 13.0. The lowest BCUT2D eigenvalue weighted by molar-refractivity contribution is -0.116. The van der Waals surface area contributed by atoms with Crippen LogP contribution in [0, 0.1) is 13.8 Å². The summed E-state index contributed by atoms with van der Waals surface area (Å²) in [6.45, 7) is 3.92. The highest BCUT2D eigenvalue weighted by molar-refractivity contribution is 6.30. The van der Waals surface area contributed by atoms with Gasteiger partial charge in [0.2, 0.25) is 5.91 Å². The molecule has 27 heavy (non-hydrogen) atoms. The topological polar surface area (TPSA) is 46.9 Å². The number of nitrogens with one attached hydrogen (secondary N) is 1. The van der Waals surface area contributed by atoms with E-state index in [1.165, 1.54) is 0 Å². The summed E-state index contributed by atoms with van der Waals surface area (Å²) in [6.07, 6.45) is 3.37. The van der Waals surface area contributed by atoms with Crippen LogP contribution in [0.25, 0.3) is 6.08 Å². The number of carbonyl (C=O) groups excluding carboxylic acids is 1. The number of nitrogens with zero attached hydrogens (tertiary/aromatic N) is 2. The Kier molecular flexibility index (Phi) is 5.77. The molecule has 0 saturated heterocycles. The largest absolute Gasteiger partial charge is 0.342 e. The molecule has 3 rings (SSSR count). The lowest BCUT2D eigenvalue weighted by Crippen LogP contribution is -2.27. The van der Waals surface area contributed by atoms with Crippen molar-refractivity contribution in [2.75, 3.05) is 0 Å². The molecule has 1 heterocycles. The van der Waals surface area contributed by atoms with Gasteiger partial charge in [-0.05, 0) is 43.2 Å². The van der Waals surface area contributed by atoms with Gasteiger partial charge < -0.3 is 5.32 Å². The van der Waals surface area contributed by atoms with Gasteiger partial charge >= 0.3 is 0 Å². The van der Waals surface area contributed by atoms with E-state index in [-0.39, 0.29) is 11.9 Å². The molecule has 1 amide bonds. The first-order valence-electron chi connectivity index (χ1n) is 8.75. The molecule has 0 radical (unpaired) electrons. The Labute approximate surface area is 164 Å². The lowest BCUT2D eigenvalue weighted by atomic mass is 9.98. The van der Waals surface area contributed by atoms with Crippen molar-refractivity contribution >= 4 is 23.6 Å². The molecule has 5 heteroatoms. The van der Waals surface area contributed by atoms with Crippen LogP contribution >= 0.6 is 11.6 Å². The van der Waals surface area contributed by atoms with E-state index in [4.69, 9.17) is 11.6 Å². The second-order valence-electron chi connectivity index (χ2n) is 6.45. The first-order valence-corrected chi connectivity index (χ1v) is 9.12. The van der Waals surface area contributed by atoms with E-state index in [2.05, 4.69) is 10.4 Å². The Morgan fingerprint density at radius 1 is 1.11 bits per heavy atom. The van der Waals surface area contributed by atoms with Crippen LogP contribution in [0.2, 0.25) is 5.02 Å². The molecule has 0 bridgehead atoms. The van der Waals surface area contributed by atoms with Crippen molar-refractivity contribution in [3.63, 3.8) is 0 Å². The summed E-state index contributed by atoms with van der Waals surface area (Å²) in [6, 6.07) is 17.1. The molecular weight excluding hydrogens is 358 g/mol. The van der Waals surface area contributed by atoms with Gasteiger partial charge in [-0.2, -0.15) is 5.10 Å². The van der Waals surface area contributed by atoms with Crippen LogP contribution in [-0.4, -0.2) is 15.7 Å². The van der Waals surface area contributed by atoms with Crippen LogP contribution in [0.5, 0.6) is 0 Å². The van der Waals surface area contributed by atoms with Gasteiger partial charge in [0.1, 0.15) is 0 Å². The molecule has 1 atom stereocenters. The van der Waals surface area contributed by atoms with E-state index in [1.54, 1.807) is 6.08 Å². The summed E-state index contributed by atoms with van der Waals surface area (Å²) in [5.74, 6) is -0.175.